The Morgan fingerprint density at radius 2 is 2.16 bits per heavy atom. The van der Waals surface area contributed by atoms with Crippen molar-refractivity contribution in [3.63, 3.8) is 0 Å². The first-order valence-electron chi connectivity index (χ1n) is 7.16. The third kappa shape index (κ3) is 2.05. The zero-order valence-corrected chi connectivity index (χ0v) is 11.6. The van der Waals surface area contributed by atoms with Gasteiger partial charge in [-0.25, -0.2) is 14.6 Å². The Morgan fingerprint density at radius 3 is 2.95 bits per heavy atom. The summed E-state index contributed by atoms with van der Waals surface area (Å²) in [5.41, 5.74) is 1.68. The molecule has 0 spiro atoms. The molecule has 1 atom stereocenters. The molecule has 2 aromatic rings. The molecule has 3 rings (SSSR count). The van der Waals surface area contributed by atoms with Crippen molar-refractivity contribution >= 4 is 17.0 Å². The Labute approximate surface area is 112 Å². The smallest absolute Gasteiger partial charge is 0.183 e. The summed E-state index contributed by atoms with van der Waals surface area (Å²) in [6, 6.07) is 0.568. The molecule has 0 radical (unpaired) electrons. The standard InChI is InChI=1S/C13H20N6/c1-3-10-7-5-6-8-18(10)12-11-13(15-9-14-12)19(4-2)17-16-11/h9-10H,3-8H2,1-2H3. The average Bonchev–Trinajstić information content (AvgIpc) is 2.90. The molecule has 0 N–H and O–H groups in total. The van der Waals surface area contributed by atoms with Crippen LogP contribution >= 0.6 is 0 Å². The zero-order chi connectivity index (χ0) is 13.2. The van der Waals surface area contributed by atoms with Crippen molar-refractivity contribution in [3.05, 3.63) is 6.33 Å². The third-order valence-electron chi connectivity index (χ3n) is 3.95. The van der Waals surface area contributed by atoms with E-state index in [0.29, 0.717) is 6.04 Å². The second kappa shape index (κ2) is 5.11. The van der Waals surface area contributed by atoms with Gasteiger partial charge in [0.1, 0.15) is 6.33 Å². The number of anilines is 1. The molecule has 3 heterocycles. The minimum Gasteiger partial charge on any atom is -0.352 e. The topological polar surface area (TPSA) is 59.7 Å². The fourth-order valence-corrected chi connectivity index (χ4v) is 2.91. The summed E-state index contributed by atoms with van der Waals surface area (Å²) in [4.78, 5) is 11.2. The maximum absolute atomic E-state index is 4.48. The second-order valence-electron chi connectivity index (χ2n) is 5.03. The van der Waals surface area contributed by atoms with Crippen LogP contribution in [-0.4, -0.2) is 37.5 Å². The van der Waals surface area contributed by atoms with Gasteiger partial charge >= 0.3 is 0 Å². The van der Waals surface area contributed by atoms with Crippen molar-refractivity contribution < 1.29 is 0 Å². The molecular formula is C13H20N6. The van der Waals surface area contributed by atoms with Gasteiger partial charge < -0.3 is 4.90 Å². The minimum absolute atomic E-state index is 0.568. The van der Waals surface area contributed by atoms with Gasteiger partial charge in [-0.1, -0.05) is 12.1 Å². The van der Waals surface area contributed by atoms with Gasteiger partial charge in [0.15, 0.2) is 17.0 Å². The average molecular weight is 260 g/mol. The maximum Gasteiger partial charge on any atom is 0.183 e. The number of hydrogen-bond donors (Lipinski definition) is 0. The molecule has 6 heteroatoms. The lowest BCUT2D eigenvalue weighted by Gasteiger charge is -2.36. The van der Waals surface area contributed by atoms with Crippen LogP contribution in [0.15, 0.2) is 6.33 Å². The highest BCUT2D eigenvalue weighted by atomic mass is 15.4. The molecule has 2 aromatic heterocycles. The van der Waals surface area contributed by atoms with Crippen LogP contribution in [0.3, 0.4) is 0 Å². The maximum atomic E-state index is 4.48. The molecule has 0 bridgehead atoms. The van der Waals surface area contributed by atoms with Gasteiger partial charge in [0.2, 0.25) is 0 Å². The van der Waals surface area contributed by atoms with E-state index in [9.17, 15) is 0 Å². The van der Waals surface area contributed by atoms with Crippen molar-refractivity contribution in [2.45, 2.75) is 52.1 Å². The molecule has 102 valence electrons. The van der Waals surface area contributed by atoms with Gasteiger partial charge in [-0.05, 0) is 32.6 Å². The number of fused-ring (bicyclic) bond motifs is 1. The largest absolute Gasteiger partial charge is 0.352 e. The van der Waals surface area contributed by atoms with Crippen LogP contribution in [0.5, 0.6) is 0 Å². The number of aryl methyl sites for hydroxylation is 1. The Bertz CT molecular complexity index is 563. The molecule has 0 aromatic carbocycles. The van der Waals surface area contributed by atoms with E-state index in [1.54, 1.807) is 6.33 Å². The molecule has 0 aliphatic carbocycles. The quantitative estimate of drug-likeness (QED) is 0.845. The van der Waals surface area contributed by atoms with Gasteiger partial charge in [0.25, 0.3) is 0 Å². The Balaban J connectivity index is 2.06. The highest BCUT2D eigenvalue weighted by Gasteiger charge is 2.25. The number of rotatable bonds is 3. The summed E-state index contributed by atoms with van der Waals surface area (Å²) >= 11 is 0. The first-order chi connectivity index (χ1) is 9.35. The summed E-state index contributed by atoms with van der Waals surface area (Å²) in [5.74, 6) is 0.955. The molecule has 1 unspecified atom stereocenters. The molecule has 0 amide bonds. The lowest BCUT2D eigenvalue weighted by atomic mass is 10.00. The monoisotopic (exact) mass is 260 g/mol. The van der Waals surface area contributed by atoms with E-state index in [1.807, 2.05) is 11.6 Å². The zero-order valence-electron chi connectivity index (χ0n) is 11.6. The second-order valence-corrected chi connectivity index (χ2v) is 5.03. The highest BCUT2D eigenvalue weighted by molar-refractivity contribution is 5.82. The van der Waals surface area contributed by atoms with E-state index in [0.717, 1.165) is 36.5 Å². The van der Waals surface area contributed by atoms with Crippen LogP contribution in [0, 0.1) is 0 Å². The van der Waals surface area contributed by atoms with Crippen LogP contribution in [0.4, 0.5) is 5.82 Å². The normalized spacial score (nSPS) is 20.1. The molecule has 1 saturated heterocycles. The molecular weight excluding hydrogens is 240 g/mol. The lowest BCUT2D eigenvalue weighted by Crippen LogP contribution is -2.39. The first-order valence-corrected chi connectivity index (χ1v) is 7.16. The van der Waals surface area contributed by atoms with Gasteiger partial charge in [0, 0.05) is 19.1 Å². The molecule has 1 aliphatic heterocycles. The summed E-state index contributed by atoms with van der Waals surface area (Å²) in [5, 5.41) is 8.44. The van der Waals surface area contributed by atoms with E-state index in [4.69, 9.17) is 0 Å². The Morgan fingerprint density at radius 1 is 1.26 bits per heavy atom. The number of hydrogen-bond acceptors (Lipinski definition) is 5. The highest BCUT2D eigenvalue weighted by Crippen LogP contribution is 2.28. The van der Waals surface area contributed by atoms with Crippen molar-refractivity contribution in [3.8, 4) is 0 Å². The third-order valence-corrected chi connectivity index (χ3v) is 3.95. The number of piperidine rings is 1. The number of aromatic nitrogens is 5. The van der Waals surface area contributed by atoms with E-state index in [2.05, 4.69) is 32.1 Å². The Kier molecular flexibility index (Phi) is 3.31. The molecule has 6 nitrogen and oxygen atoms in total. The number of nitrogens with zero attached hydrogens (tertiary/aromatic N) is 6. The minimum atomic E-state index is 0.568. The summed E-state index contributed by atoms with van der Waals surface area (Å²) in [6.07, 6.45) is 6.56. The van der Waals surface area contributed by atoms with Gasteiger partial charge in [-0.3, -0.25) is 0 Å². The first kappa shape index (κ1) is 12.3. The fraction of sp³-hybridized carbons (Fsp3) is 0.692. The fourth-order valence-electron chi connectivity index (χ4n) is 2.91. The summed E-state index contributed by atoms with van der Waals surface area (Å²) < 4.78 is 1.82. The van der Waals surface area contributed by atoms with Crippen molar-refractivity contribution in [2.24, 2.45) is 0 Å². The van der Waals surface area contributed by atoms with Gasteiger partial charge in [-0.15, -0.1) is 5.10 Å². The van der Waals surface area contributed by atoms with Gasteiger partial charge in [-0.2, -0.15) is 0 Å². The van der Waals surface area contributed by atoms with Crippen LogP contribution in [0.1, 0.15) is 39.5 Å². The molecule has 0 saturated carbocycles. The van der Waals surface area contributed by atoms with Crippen LogP contribution in [0.2, 0.25) is 0 Å². The predicted molar refractivity (Wildman–Crippen MR) is 74.1 cm³/mol. The van der Waals surface area contributed by atoms with Crippen molar-refractivity contribution in [2.75, 3.05) is 11.4 Å². The van der Waals surface area contributed by atoms with E-state index in [-0.39, 0.29) is 0 Å². The van der Waals surface area contributed by atoms with Crippen LogP contribution in [0.25, 0.3) is 11.2 Å². The lowest BCUT2D eigenvalue weighted by molar-refractivity contribution is 0.447. The van der Waals surface area contributed by atoms with Crippen LogP contribution < -0.4 is 4.90 Å². The summed E-state index contributed by atoms with van der Waals surface area (Å²) in [7, 11) is 0. The van der Waals surface area contributed by atoms with E-state index < -0.39 is 0 Å². The predicted octanol–water partition coefficient (Wildman–Crippen LogP) is 2.01. The SMILES string of the molecule is CCC1CCCCN1c1ncnc2c1nnn2CC. The van der Waals surface area contributed by atoms with E-state index in [1.165, 1.54) is 19.3 Å². The van der Waals surface area contributed by atoms with E-state index >= 15 is 0 Å². The molecule has 1 aliphatic rings. The molecule has 19 heavy (non-hydrogen) atoms. The molecule has 1 fully saturated rings. The van der Waals surface area contributed by atoms with Crippen LogP contribution in [-0.2, 0) is 6.54 Å². The van der Waals surface area contributed by atoms with Gasteiger partial charge in [0.05, 0.1) is 0 Å². The summed E-state index contributed by atoms with van der Waals surface area (Å²) in [6.45, 7) is 6.13. The Hall–Kier alpha value is -1.72. The van der Waals surface area contributed by atoms with Crippen molar-refractivity contribution in [1.29, 1.82) is 0 Å². The van der Waals surface area contributed by atoms with Crippen molar-refractivity contribution in [1.82, 2.24) is 25.0 Å².